The van der Waals surface area contributed by atoms with Crippen molar-refractivity contribution in [3.63, 3.8) is 0 Å². The monoisotopic (exact) mass is 345 g/mol. The van der Waals surface area contributed by atoms with Crippen molar-refractivity contribution >= 4 is 17.7 Å². The van der Waals surface area contributed by atoms with E-state index in [4.69, 9.17) is 0 Å². The molecule has 0 bridgehead atoms. The number of amides is 3. The maximum Gasteiger partial charge on any atom is 0.225 e. The van der Waals surface area contributed by atoms with Crippen molar-refractivity contribution in [2.45, 2.75) is 26.7 Å². The Balaban J connectivity index is 1.70. The molecule has 6 heteroatoms. The first-order chi connectivity index (χ1) is 12.0. The highest BCUT2D eigenvalue weighted by atomic mass is 16.2. The molecule has 0 spiro atoms. The van der Waals surface area contributed by atoms with Crippen molar-refractivity contribution in [1.29, 1.82) is 0 Å². The number of benzene rings is 1. The quantitative estimate of drug-likeness (QED) is 0.689. The fourth-order valence-corrected chi connectivity index (χ4v) is 2.79. The number of likely N-dealkylation sites (tertiary alicyclic amines) is 1. The maximum absolute atomic E-state index is 12.2. The third kappa shape index (κ3) is 5.89. The predicted octanol–water partition coefficient (Wildman–Crippen LogP) is 0.966. The Morgan fingerprint density at radius 3 is 2.52 bits per heavy atom. The Labute approximate surface area is 149 Å². The summed E-state index contributed by atoms with van der Waals surface area (Å²) >= 11 is 0. The van der Waals surface area contributed by atoms with Crippen LogP contribution >= 0.6 is 0 Å². The minimum absolute atomic E-state index is 0.0302. The van der Waals surface area contributed by atoms with E-state index in [-0.39, 0.29) is 36.0 Å². The lowest BCUT2D eigenvalue weighted by Gasteiger charge is -2.16. The van der Waals surface area contributed by atoms with Gasteiger partial charge in [0.05, 0.1) is 5.92 Å². The van der Waals surface area contributed by atoms with Gasteiger partial charge in [0.2, 0.25) is 17.7 Å². The number of hydrogen-bond donors (Lipinski definition) is 2. The predicted molar refractivity (Wildman–Crippen MR) is 95.7 cm³/mol. The van der Waals surface area contributed by atoms with Crippen LogP contribution in [0.5, 0.6) is 0 Å². The van der Waals surface area contributed by atoms with Crippen LogP contribution < -0.4 is 10.6 Å². The van der Waals surface area contributed by atoms with Crippen molar-refractivity contribution in [2.24, 2.45) is 11.8 Å². The minimum Gasteiger partial charge on any atom is -0.354 e. The van der Waals surface area contributed by atoms with E-state index in [1.54, 1.807) is 4.90 Å². The first-order valence-corrected chi connectivity index (χ1v) is 8.84. The fraction of sp³-hybridized carbons (Fsp3) is 0.526. The van der Waals surface area contributed by atoms with Gasteiger partial charge in [-0.2, -0.15) is 0 Å². The number of rotatable bonds is 8. The molecule has 0 aromatic heterocycles. The van der Waals surface area contributed by atoms with E-state index < -0.39 is 0 Å². The highest BCUT2D eigenvalue weighted by Crippen LogP contribution is 2.18. The standard InChI is InChI=1S/C19H27N3O3/c1-14(2)18(24)20-9-10-21-19(25)16-12-17(23)22(13-16)11-8-15-6-4-3-5-7-15/h3-7,14,16H,8-13H2,1-2H3,(H,20,24)(H,21,25). The average molecular weight is 345 g/mol. The van der Waals surface area contributed by atoms with Gasteiger partial charge in [0.25, 0.3) is 0 Å². The second-order valence-electron chi connectivity index (χ2n) is 6.71. The molecule has 1 aromatic carbocycles. The molecule has 0 saturated carbocycles. The van der Waals surface area contributed by atoms with Crippen LogP contribution in [-0.4, -0.2) is 48.8 Å². The summed E-state index contributed by atoms with van der Waals surface area (Å²) in [5.41, 5.74) is 1.18. The second kappa shape index (κ2) is 9.20. The number of carbonyl (C=O) groups excluding carboxylic acids is 3. The molecule has 2 N–H and O–H groups in total. The molecule has 3 amide bonds. The van der Waals surface area contributed by atoms with Gasteiger partial charge >= 0.3 is 0 Å². The summed E-state index contributed by atoms with van der Waals surface area (Å²) in [6.45, 7) is 5.53. The van der Waals surface area contributed by atoms with Crippen molar-refractivity contribution in [3.8, 4) is 0 Å². The molecular weight excluding hydrogens is 318 g/mol. The summed E-state index contributed by atoms with van der Waals surface area (Å²) in [5, 5.41) is 5.55. The molecule has 0 aliphatic carbocycles. The number of carbonyl (C=O) groups is 3. The highest BCUT2D eigenvalue weighted by Gasteiger charge is 2.33. The first-order valence-electron chi connectivity index (χ1n) is 8.84. The van der Waals surface area contributed by atoms with Crippen LogP contribution in [0.25, 0.3) is 0 Å². The summed E-state index contributed by atoms with van der Waals surface area (Å²) in [6, 6.07) is 10.0. The van der Waals surface area contributed by atoms with Gasteiger partial charge in [0, 0.05) is 38.5 Å². The Kier molecular flexibility index (Phi) is 6.98. The molecule has 1 aliphatic heterocycles. The molecule has 136 valence electrons. The van der Waals surface area contributed by atoms with Crippen molar-refractivity contribution in [3.05, 3.63) is 35.9 Å². The first kappa shape index (κ1) is 19.0. The summed E-state index contributed by atoms with van der Waals surface area (Å²) in [4.78, 5) is 37.5. The molecule has 0 radical (unpaired) electrons. The number of nitrogens with zero attached hydrogens (tertiary/aromatic N) is 1. The van der Waals surface area contributed by atoms with Gasteiger partial charge in [0.1, 0.15) is 0 Å². The van der Waals surface area contributed by atoms with Gasteiger partial charge in [-0.05, 0) is 12.0 Å². The molecule has 1 saturated heterocycles. The Bertz CT molecular complexity index is 601. The van der Waals surface area contributed by atoms with Gasteiger partial charge in [-0.15, -0.1) is 0 Å². The van der Waals surface area contributed by atoms with Crippen LogP contribution in [0.4, 0.5) is 0 Å². The smallest absolute Gasteiger partial charge is 0.225 e. The Morgan fingerprint density at radius 2 is 1.84 bits per heavy atom. The van der Waals surface area contributed by atoms with Crippen molar-refractivity contribution < 1.29 is 14.4 Å². The molecule has 1 aromatic rings. The SMILES string of the molecule is CC(C)C(=O)NCCNC(=O)C1CC(=O)N(CCc2ccccc2)C1. The summed E-state index contributed by atoms with van der Waals surface area (Å²) < 4.78 is 0. The van der Waals surface area contributed by atoms with E-state index in [0.717, 1.165) is 6.42 Å². The Morgan fingerprint density at radius 1 is 1.16 bits per heavy atom. The van der Waals surface area contributed by atoms with Crippen LogP contribution in [0.15, 0.2) is 30.3 Å². The topological polar surface area (TPSA) is 78.5 Å². The van der Waals surface area contributed by atoms with E-state index in [0.29, 0.717) is 26.2 Å². The summed E-state index contributed by atoms with van der Waals surface area (Å²) in [5.74, 6) is -0.485. The van der Waals surface area contributed by atoms with Crippen molar-refractivity contribution in [2.75, 3.05) is 26.2 Å². The Hall–Kier alpha value is -2.37. The molecule has 1 atom stereocenters. The minimum atomic E-state index is -0.302. The van der Waals surface area contributed by atoms with E-state index in [1.165, 1.54) is 5.56 Å². The van der Waals surface area contributed by atoms with Gasteiger partial charge < -0.3 is 15.5 Å². The normalized spacial score (nSPS) is 17.0. The van der Waals surface area contributed by atoms with E-state index in [1.807, 2.05) is 44.2 Å². The van der Waals surface area contributed by atoms with Gasteiger partial charge in [-0.3, -0.25) is 14.4 Å². The van der Waals surface area contributed by atoms with Crippen LogP contribution in [0, 0.1) is 11.8 Å². The van der Waals surface area contributed by atoms with Crippen LogP contribution in [0.1, 0.15) is 25.8 Å². The fourth-order valence-electron chi connectivity index (χ4n) is 2.79. The zero-order chi connectivity index (χ0) is 18.2. The van der Waals surface area contributed by atoms with E-state index in [2.05, 4.69) is 10.6 Å². The average Bonchev–Trinajstić information content (AvgIpc) is 2.98. The zero-order valence-corrected chi connectivity index (χ0v) is 15.0. The van der Waals surface area contributed by atoms with Crippen molar-refractivity contribution in [1.82, 2.24) is 15.5 Å². The van der Waals surface area contributed by atoms with E-state index in [9.17, 15) is 14.4 Å². The van der Waals surface area contributed by atoms with E-state index >= 15 is 0 Å². The molecule has 1 aliphatic rings. The van der Waals surface area contributed by atoms with Crippen LogP contribution in [0.3, 0.4) is 0 Å². The molecular formula is C19H27N3O3. The molecule has 1 unspecified atom stereocenters. The third-order valence-corrected chi connectivity index (χ3v) is 4.35. The molecule has 6 nitrogen and oxygen atoms in total. The molecule has 2 rings (SSSR count). The maximum atomic E-state index is 12.2. The molecule has 25 heavy (non-hydrogen) atoms. The molecule has 1 heterocycles. The van der Waals surface area contributed by atoms with Crippen LogP contribution in [-0.2, 0) is 20.8 Å². The van der Waals surface area contributed by atoms with Crippen LogP contribution in [0.2, 0.25) is 0 Å². The number of nitrogens with one attached hydrogen (secondary N) is 2. The summed E-state index contributed by atoms with van der Waals surface area (Å²) in [6.07, 6.45) is 1.06. The third-order valence-electron chi connectivity index (χ3n) is 4.35. The highest BCUT2D eigenvalue weighted by molar-refractivity contribution is 5.89. The largest absolute Gasteiger partial charge is 0.354 e. The van der Waals surface area contributed by atoms with Gasteiger partial charge in [-0.25, -0.2) is 0 Å². The van der Waals surface area contributed by atoms with Gasteiger partial charge in [0.15, 0.2) is 0 Å². The number of hydrogen-bond acceptors (Lipinski definition) is 3. The second-order valence-corrected chi connectivity index (χ2v) is 6.71. The summed E-state index contributed by atoms with van der Waals surface area (Å²) in [7, 11) is 0. The lowest BCUT2D eigenvalue weighted by atomic mass is 10.1. The van der Waals surface area contributed by atoms with Gasteiger partial charge in [-0.1, -0.05) is 44.2 Å². The lowest BCUT2D eigenvalue weighted by molar-refractivity contribution is -0.129. The molecule has 1 fully saturated rings. The zero-order valence-electron chi connectivity index (χ0n) is 15.0. The lowest BCUT2D eigenvalue weighted by Crippen LogP contribution is -2.39.